The van der Waals surface area contributed by atoms with Crippen LogP contribution < -0.4 is 16.0 Å². The largest absolute Gasteiger partial charge is 0.496 e. The molecule has 5 heteroatoms. The third-order valence-electron chi connectivity index (χ3n) is 2.25. The number of benzene rings is 1. The van der Waals surface area contributed by atoms with Crippen LogP contribution in [0.5, 0.6) is 5.75 Å². The Kier molecular flexibility index (Phi) is 4.93. The maximum Gasteiger partial charge on any atom is 0.265 e. The zero-order valence-electron chi connectivity index (χ0n) is 10.3. The molecule has 1 rings (SSSR count). The molecule has 0 spiro atoms. The molecule has 1 aromatic rings. The van der Waals surface area contributed by atoms with Crippen molar-refractivity contribution in [2.75, 3.05) is 7.11 Å². The van der Waals surface area contributed by atoms with Crippen molar-refractivity contribution >= 4 is 5.91 Å². The number of amides is 1. The van der Waals surface area contributed by atoms with Gasteiger partial charge in [0.2, 0.25) is 0 Å². The second kappa shape index (κ2) is 6.22. The molecular formula is C12H18N2O3. The minimum absolute atomic E-state index is 0.117. The van der Waals surface area contributed by atoms with Crippen molar-refractivity contribution < 1.29 is 14.3 Å². The van der Waals surface area contributed by atoms with Gasteiger partial charge in [0, 0.05) is 11.1 Å². The summed E-state index contributed by atoms with van der Waals surface area (Å²) < 4.78 is 10.7. The first-order valence-electron chi connectivity index (χ1n) is 5.38. The zero-order chi connectivity index (χ0) is 12.8. The van der Waals surface area contributed by atoms with E-state index in [0.717, 1.165) is 5.56 Å². The summed E-state index contributed by atoms with van der Waals surface area (Å²) in [5.41, 5.74) is 3.39. The van der Waals surface area contributed by atoms with Crippen LogP contribution in [0.25, 0.3) is 0 Å². The van der Waals surface area contributed by atoms with Gasteiger partial charge in [0.15, 0.2) is 0 Å². The number of ether oxygens (including phenoxy) is 2. The van der Waals surface area contributed by atoms with Gasteiger partial charge >= 0.3 is 0 Å². The number of nitrogens with one attached hydrogen (secondary N) is 1. The van der Waals surface area contributed by atoms with Crippen molar-refractivity contribution in [3.63, 3.8) is 0 Å². The summed E-state index contributed by atoms with van der Waals surface area (Å²) in [7, 11) is 1.58. The minimum atomic E-state index is -0.335. The van der Waals surface area contributed by atoms with Gasteiger partial charge in [-0.25, -0.2) is 5.84 Å². The van der Waals surface area contributed by atoms with Crippen LogP contribution >= 0.6 is 0 Å². The Morgan fingerprint density at radius 1 is 1.47 bits per heavy atom. The third kappa shape index (κ3) is 3.72. The Labute approximate surface area is 101 Å². The van der Waals surface area contributed by atoms with Crippen molar-refractivity contribution in [1.82, 2.24) is 5.43 Å². The molecule has 3 N–H and O–H groups in total. The van der Waals surface area contributed by atoms with Gasteiger partial charge in [0.25, 0.3) is 5.91 Å². The Balaban J connectivity index is 2.93. The van der Waals surface area contributed by atoms with E-state index in [1.165, 1.54) is 0 Å². The number of nitrogen functional groups attached to an aromatic ring is 1. The fourth-order valence-electron chi connectivity index (χ4n) is 1.37. The molecule has 1 aromatic carbocycles. The quantitative estimate of drug-likeness (QED) is 0.459. The Bertz CT molecular complexity index is 391. The topological polar surface area (TPSA) is 73.6 Å². The first-order valence-corrected chi connectivity index (χ1v) is 5.38. The molecule has 0 saturated carbocycles. The van der Waals surface area contributed by atoms with Gasteiger partial charge in [-0.3, -0.25) is 10.2 Å². The predicted molar refractivity (Wildman–Crippen MR) is 64.6 cm³/mol. The number of carbonyl (C=O) groups is 1. The average Bonchev–Trinajstić information content (AvgIpc) is 2.34. The van der Waals surface area contributed by atoms with Crippen LogP contribution in [-0.4, -0.2) is 19.1 Å². The van der Waals surface area contributed by atoms with E-state index in [1.54, 1.807) is 25.3 Å². The fourth-order valence-corrected chi connectivity index (χ4v) is 1.37. The number of hydrogen-bond donors (Lipinski definition) is 2. The van der Waals surface area contributed by atoms with Gasteiger partial charge in [-0.2, -0.15) is 0 Å². The molecule has 0 aliphatic heterocycles. The maximum absolute atomic E-state index is 11.4. The normalized spacial score (nSPS) is 10.4. The lowest BCUT2D eigenvalue weighted by Crippen LogP contribution is -2.30. The lowest BCUT2D eigenvalue weighted by molar-refractivity contribution is 0.0644. The highest BCUT2D eigenvalue weighted by atomic mass is 16.5. The van der Waals surface area contributed by atoms with Gasteiger partial charge in [-0.15, -0.1) is 0 Å². The summed E-state index contributed by atoms with van der Waals surface area (Å²) in [6.45, 7) is 4.29. The third-order valence-corrected chi connectivity index (χ3v) is 2.25. The van der Waals surface area contributed by atoms with Crippen molar-refractivity contribution in [3.8, 4) is 5.75 Å². The van der Waals surface area contributed by atoms with Crippen LogP contribution in [0.15, 0.2) is 18.2 Å². The van der Waals surface area contributed by atoms with Crippen LogP contribution in [0.3, 0.4) is 0 Å². The van der Waals surface area contributed by atoms with E-state index in [1.807, 2.05) is 13.8 Å². The van der Waals surface area contributed by atoms with Crippen LogP contribution in [0.4, 0.5) is 0 Å². The first kappa shape index (κ1) is 13.5. The van der Waals surface area contributed by atoms with E-state index >= 15 is 0 Å². The van der Waals surface area contributed by atoms with E-state index < -0.39 is 0 Å². The van der Waals surface area contributed by atoms with Gasteiger partial charge in [-0.05, 0) is 32.0 Å². The lowest BCUT2D eigenvalue weighted by Gasteiger charge is -2.12. The minimum Gasteiger partial charge on any atom is -0.496 e. The lowest BCUT2D eigenvalue weighted by atomic mass is 10.1. The highest BCUT2D eigenvalue weighted by Crippen LogP contribution is 2.21. The van der Waals surface area contributed by atoms with Gasteiger partial charge < -0.3 is 9.47 Å². The molecule has 17 heavy (non-hydrogen) atoms. The summed E-state index contributed by atoms with van der Waals surface area (Å²) in [4.78, 5) is 11.4. The summed E-state index contributed by atoms with van der Waals surface area (Å²) in [6, 6.07) is 5.09. The molecule has 0 unspecified atom stereocenters. The SMILES string of the molecule is COc1ccc(C(=O)NN)cc1COC(C)C. The van der Waals surface area contributed by atoms with Gasteiger partial charge in [0.05, 0.1) is 19.8 Å². The smallest absolute Gasteiger partial charge is 0.265 e. The van der Waals surface area contributed by atoms with E-state index in [9.17, 15) is 4.79 Å². The molecule has 0 aromatic heterocycles. The van der Waals surface area contributed by atoms with Crippen molar-refractivity contribution in [3.05, 3.63) is 29.3 Å². The molecule has 0 saturated heterocycles. The monoisotopic (exact) mass is 238 g/mol. The predicted octanol–water partition coefficient (Wildman–Crippen LogP) is 1.22. The van der Waals surface area contributed by atoms with E-state index in [0.29, 0.717) is 17.9 Å². The van der Waals surface area contributed by atoms with Crippen molar-refractivity contribution in [2.24, 2.45) is 5.84 Å². The van der Waals surface area contributed by atoms with Gasteiger partial charge in [-0.1, -0.05) is 0 Å². The Hall–Kier alpha value is -1.59. The first-order chi connectivity index (χ1) is 8.08. The molecule has 0 aliphatic rings. The van der Waals surface area contributed by atoms with Crippen molar-refractivity contribution in [2.45, 2.75) is 26.6 Å². The fraction of sp³-hybridized carbons (Fsp3) is 0.417. The molecule has 94 valence electrons. The Morgan fingerprint density at radius 3 is 2.71 bits per heavy atom. The zero-order valence-corrected chi connectivity index (χ0v) is 10.3. The second-order valence-corrected chi connectivity index (χ2v) is 3.86. The van der Waals surface area contributed by atoms with E-state index in [4.69, 9.17) is 15.3 Å². The van der Waals surface area contributed by atoms with E-state index in [-0.39, 0.29) is 12.0 Å². The van der Waals surface area contributed by atoms with Crippen molar-refractivity contribution in [1.29, 1.82) is 0 Å². The standard InChI is InChI=1S/C12H18N2O3/c1-8(2)17-7-10-6-9(12(15)14-13)4-5-11(10)16-3/h4-6,8H,7,13H2,1-3H3,(H,14,15). The summed E-state index contributed by atoms with van der Waals surface area (Å²) in [5.74, 6) is 5.44. The molecular weight excluding hydrogens is 220 g/mol. The molecule has 5 nitrogen and oxygen atoms in total. The number of hydrazine groups is 1. The molecule has 1 amide bonds. The number of methoxy groups -OCH3 is 1. The Morgan fingerprint density at radius 2 is 2.18 bits per heavy atom. The molecule has 0 heterocycles. The molecule has 0 fully saturated rings. The van der Waals surface area contributed by atoms with Crippen LogP contribution in [0.2, 0.25) is 0 Å². The number of hydrogen-bond acceptors (Lipinski definition) is 4. The molecule has 0 bridgehead atoms. The highest BCUT2D eigenvalue weighted by Gasteiger charge is 2.09. The molecule has 0 radical (unpaired) electrons. The van der Waals surface area contributed by atoms with Gasteiger partial charge in [0.1, 0.15) is 5.75 Å². The van der Waals surface area contributed by atoms with E-state index in [2.05, 4.69) is 5.43 Å². The number of nitrogens with two attached hydrogens (primary N) is 1. The van der Waals surface area contributed by atoms with Crippen LogP contribution in [0.1, 0.15) is 29.8 Å². The summed E-state index contributed by atoms with van der Waals surface area (Å²) in [5, 5.41) is 0. The van der Waals surface area contributed by atoms with Crippen LogP contribution in [0, 0.1) is 0 Å². The average molecular weight is 238 g/mol. The maximum atomic E-state index is 11.4. The molecule has 0 aliphatic carbocycles. The number of rotatable bonds is 5. The highest BCUT2D eigenvalue weighted by molar-refractivity contribution is 5.94. The summed E-state index contributed by atoms with van der Waals surface area (Å²) >= 11 is 0. The number of carbonyl (C=O) groups excluding carboxylic acids is 1. The van der Waals surface area contributed by atoms with Crippen LogP contribution in [-0.2, 0) is 11.3 Å². The summed E-state index contributed by atoms with van der Waals surface area (Å²) in [6.07, 6.45) is 0.117. The second-order valence-electron chi connectivity index (χ2n) is 3.86. The molecule has 0 atom stereocenters.